The summed E-state index contributed by atoms with van der Waals surface area (Å²) in [5, 5.41) is 3.45. The largest absolute Gasteiger partial charge is 0.497 e. The quantitative estimate of drug-likeness (QED) is 0.571. The third-order valence-corrected chi connectivity index (χ3v) is 4.98. The van der Waals surface area contributed by atoms with Crippen LogP contribution < -0.4 is 14.8 Å². The molecule has 1 aromatic carbocycles. The molecule has 28 heavy (non-hydrogen) atoms. The fourth-order valence-corrected chi connectivity index (χ4v) is 3.41. The summed E-state index contributed by atoms with van der Waals surface area (Å²) in [7, 11) is 5.24. The second kappa shape index (κ2) is 9.98. The standard InChI is InChI=1S/C20H30N6O2/c1-21-20(23-7-9-25-8-6-22-16-25)26-12-10-24(11-13-26)15-17-14-18(27-2)4-5-19(17)28-3/h4-6,8,14,16H,7,9-13,15H2,1-3H3,(H,21,23). The first-order valence-corrected chi connectivity index (χ1v) is 9.58. The van der Waals surface area contributed by atoms with Gasteiger partial charge in [-0.3, -0.25) is 9.89 Å². The first-order chi connectivity index (χ1) is 13.7. The molecule has 152 valence electrons. The number of hydrogen-bond acceptors (Lipinski definition) is 5. The molecule has 2 heterocycles. The number of nitrogens with zero attached hydrogens (tertiary/aromatic N) is 5. The molecule has 1 aliphatic rings. The highest BCUT2D eigenvalue weighted by Crippen LogP contribution is 2.25. The van der Waals surface area contributed by atoms with Crippen molar-refractivity contribution in [2.75, 3.05) is 54.0 Å². The second-order valence-corrected chi connectivity index (χ2v) is 6.72. The fraction of sp³-hybridized carbons (Fsp3) is 0.500. The Morgan fingerprint density at radius 1 is 1.18 bits per heavy atom. The van der Waals surface area contributed by atoms with E-state index < -0.39 is 0 Å². The third kappa shape index (κ3) is 5.16. The van der Waals surface area contributed by atoms with Crippen LogP contribution in [0.3, 0.4) is 0 Å². The molecule has 1 aliphatic heterocycles. The number of benzene rings is 1. The summed E-state index contributed by atoms with van der Waals surface area (Å²) < 4.78 is 12.9. The van der Waals surface area contributed by atoms with Crippen LogP contribution in [0.15, 0.2) is 41.9 Å². The predicted molar refractivity (Wildman–Crippen MR) is 110 cm³/mol. The fourth-order valence-electron chi connectivity index (χ4n) is 3.41. The molecule has 0 unspecified atom stereocenters. The summed E-state index contributed by atoms with van der Waals surface area (Å²) in [4.78, 5) is 13.3. The number of piperazine rings is 1. The minimum absolute atomic E-state index is 0.824. The normalized spacial score (nSPS) is 15.5. The van der Waals surface area contributed by atoms with Crippen LogP contribution in [0.2, 0.25) is 0 Å². The van der Waals surface area contributed by atoms with Gasteiger partial charge in [-0.1, -0.05) is 0 Å². The van der Waals surface area contributed by atoms with Gasteiger partial charge in [0, 0.05) is 70.8 Å². The highest BCUT2D eigenvalue weighted by atomic mass is 16.5. The van der Waals surface area contributed by atoms with Crippen molar-refractivity contribution in [2.24, 2.45) is 4.99 Å². The van der Waals surface area contributed by atoms with E-state index >= 15 is 0 Å². The van der Waals surface area contributed by atoms with Gasteiger partial charge >= 0.3 is 0 Å². The Kier molecular flexibility index (Phi) is 7.13. The number of imidazole rings is 1. The molecule has 1 saturated heterocycles. The van der Waals surface area contributed by atoms with Gasteiger partial charge in [0.1, 0.15) is 11.5 Å². The first kappa shape index (κ1) is 20.0. The lowest BCUT2D eigenvalue weighted by molar-refractivity contribution is 0.171. The SMILES string of the molecule is CN=C(NCCn1ccnc1)N1CCN(Cc2cc(OC)ccc2OC)CC1. The second-order valence-electron chi connectivity index (χ2n) is 6.72. The van der Waals surface area contributed by atoms with Gasteiger partial charge in [-0.15, -0.1) is 0 Å². The molecular formula is C20H30N6O2. The van der Waals surface area contributed by atoms with E-state index in [1.807, 2.05) is 31.7 Å². The highest BCUT2D eigenvalue weighted by molar-refractivity contribution is 5.79. The van der Waals surface area contributed by atoms with Crippen LogP contribution in [0.25, 0.3) is 0 Å². The Bertz CT molecular complexity index is 754. The molecule has 0 atom stereocenters. The first-order valence-electron chi connectivity index (χ1n) is 9.58. The zero-order valence-corrected chi connectivity index (χ0v) is 17.0. The third-order valence-electron chi connectivity index (χ3n) is 4.98. The van der Waals surface area contributed by atoms with Crippen LogP contribution in [0, 0.1) is 0 Å². The van der Waals surface area contributed by atoms with Gasteiger partial charge in [0.15, 0.2) is 5.96 Å². The number of aliphatic imine (C=N–C) groups is 1. The van der Waals surface area contributed by atoms with Crippen molar-refractivity contribution in [1.29, 1.82) is 0 Å². The summed E-state index contributed by atoms with van der Waals surface area (Å²) in [6.45, 7) is 6.37. The van der Waals surface area contributed by atoms with Gasteiger partial charge in [0.05, 0.1) is 20.5 Å². The summed E-state index contributed by atoms with van der Waals surface area (Å²) in [5.41, 5.74) is 1.15. The number of hydrogen-bond donors (Lipinski definition) is 1. The van der Waals surface area contributed by atoms with Crippen LogP contribution in [0.1, 0.15) is 5.56 Å². The van der Waals surface area contributed by atoms with Crippen molar-refractivity contribution in [2.45, 2.75) is 13.1 Å². The number of methoxy groups -OCH3 is 2. The number of nitrogens with one attached hydrogen (secondary N) is 1. The summed E-state index contributed by atoms with van der Waals surface area (Å²) in [5.74, 6) is 2.72. The van der Waals surface area contributed by atoms with E-state index in [0.717, 1.165) is 68.8 Å². The topological polar surface area (TPSA) is 67.2 Å². The molecule has 0 spiro atoms. The predicted octanol–water partition coefficient (Wildman–Crippen LogP) is 1.29. The van der Waals surface area contributed by atoms with Crippen LogP contribution >= 0.6 is 0 Å². The Labute approximate surface area is 166 Å². The molecule has 2 aromatic rings. The summed E-state index contributed by atoms with van der Waals surface area (Å²) in [6, 6.07) is 5.96. The van der Waals surface area contributed by atoms with Gasteiger partial charge < -0.3 is 24.3 Å². The average Bonchev–Trinajstić information content (AvgIpc) is 3.25. The van der Waals surface area contributed by atoms with Crippen LogP contribution in [-0.2, 0) is 13.1 Å². The summed E-state index contributed by atoms with van der Waals surface area (Å²) in [6.07, 6.45) is 5.59. The Balaban J connectivity index is 1.49. The zero-order valence-electron chi connectivity index (χ0n) is 17.0. The number of guanidine groups is 1. The van der Waals surface area contributed by atoms with E-state index in [1.165, 1.54) is 0 Å². The lowest BCUT2D eigenvalue weighted by atomic mass is 10.1. The molecular weight excluding hydrogens is 356 g/mol. The van der Waals surface area contributed by atoms with E-state index in [2.05, 4.69) is 35.7 Å². The zero-order chi connectivity index (χ0) is 19.8. The maximum absolute atomic E-state index is 5.51. The Hall–Kier alpha value is -2.74. The van der Waals surface area contributed by atoms with Crippen LogP contribution in [0.4, 0.5) is 0 Å². The molecule has 0 aliphatic carbocycles. The Morgan fingerprint density at radius 2 is 2.00 bits per heavy atom. The molecule has 8 nitrogen and oxygen atoms in total. The monoisotopic (exact) mass is 386 g/mol. The minimum atomic E-state index is 0.824. The van der Waals surface area contributed by atoms with E-state index in [-0.39, 0.29) is 0 Å². The van der Waals surface area contributed by atoms with E-state index in [1.54, 1.807) is 20.4 Å². The van der Waals surface area contributed by atoms with Crippen molar-refractivity contribution in [3.63, 3.8) is 0 Å². The maximum atomic E-state index is 5.51. The van der Waals surface area contributed by atoms with Crippen molar-refractivity contribution in [1.82, 2.24) is 24.7 Å². The van der Waals surface area contributed by atoms with Gasteiger partial charge in [0.2, 0.25) is 0 Å². The lowest BCUT2D eigenvalue weighted by Gasteiger charge is -2.36. The molecule has 0 amide bonds. The van der Waals surface area contributed by atoms with Crippen molar-refractivity contribution in [3.8, 4) is 11.5 Å². The summed E-state index contributed by atoms with van der Waals surface area (Å²) >= 11 is 0. The van der Waals surface area contributed by atoms with Crippen LogP contribution in [-0.4, -0.2) is 79.3 Å². The van der Waals surface area contributed by atoms with E-state index in [0.29, 0.717) is 0 Å². The molecule has 1 fully saturated rings. The number of rotatable bonds is 7. The van der Waals surface area contributed by atoms with Crippen molar-refractivity contribution >= 4 is 5.96 Å². The van der Waals surface area contributed by atoms with E-state index in [4.69, 9.17) is 9.47 Å². The molecule has 0 saturated carbocycles. The van der Waals surface area contributed by atoms with E-state index in [9.17, 15) is 0 Å². The van der Waals surface area contributed by atoms with Gasteiger partial charge in [-0.25, -0.2) is 4.98 Å². The van der Waals surface area contributed by atoms with Gasteiger partial charge in [-0.05, 0) is 18.2 Å². The number of aromatic nitrogens is 2. The van der Waals surface area contributed by atoms with Crippen LogP contribution in [0.5, 0.6) is 11.5 Å². The smallest absolute Gasteiger partial charge is 0.193 e. The lowest BCUT2D eigenvalue weighted by Crippen LogP contribution is -2.52. The maximum Gasteiger partial charge on any atom is 0.193 e. The van der Waals surface area contributed by atoms with Gasteiger partial charge in [0.25, 0.3) is 0 Å². The minimum Gasteiger partial charge on any atom is -0.497 e. The molecule has 8 heteroatoms. The average molecular weight is 387 g/mol. The highest BCUT2D eigenvalue weighted by Gasteiger charge is 2.20. The van der Waals surface area contributed by atoms with Crippen molar-refractivity contribution < 1.29 is 9.47 Å². The Morgan fingerprint density at radius 3 is 2.64 bits per heavy atom. The molecule has 3 rings (SSSR count). The molecule has 1 N–H and O–H groups in total. The molecule has 0 bridgehead atoms. The van der Waals surface area contributed by atoms with Crippen molar-refractivity contribution in [3.05, 3.63) is 42.5 Å². The molecule has 1 aromatic heterocycles. The van der Waals surface area contributed by atoms with Gasteiger partial charge in [-0.2, -0.15) is 0 Å². The molecule has 0 radical (unpaired) electrons. The number of ether oxygens (including phenoxy) is 2.